The van der Waals surface area contributed by atoms with Gasteiger partial charge < -0.3 is 9.30 Å². The molecule has 1 fully saturated rings. The fourth-order valence-corrected chi connectivity index (χ4v) is 3.44. The first kappa shape index (κ1) is 16.1. The number of hydrogen-bond acceptors (Lipinski definition) is 4. The standard InChI is InChI=1S/C16H23N5OS/c1-10(2)20-11(3)8-13(12(20)4)9-17-21-15(18-19-16(21)23)14-6-5-7-22-14/h8-10,14H,5-7H2,1-4H3,(H,19,23)/b17-9-/t14-/m0/s1. The molecule has 1 atom stereocenters. The molecule has 23 heavy (non-hydrogen) atoms. The van der Waals surface area contributed by atoms with Crippen LogP contribution in [-0.2, 0) is 4.74 Å². The van der Waals surface area contributed by atoms with Gasteiger partial charge in [0.1, 0.15) is 6.10 Å². The second kappa shape index (κ2) is 6.41. The third kappa shape index (κ3) is 3.03. The maximum absolute atomic E-state index is 5.70. The van der Waals surface area contributed by atoms with E-state index in [0.717, 1.165) is 30.8 Å². The molecule has 0 saturated carbocycles. The van der Waals surface area contributed by atoms with E-state index in [4.69, 9.17) is 17.0 Å². The van der Waals surface area contributed by atoms with Crippen LogP contribution in [0.2, 0.25) is 0 Å². The summed E-state index contributed by atoms with van der Waals surface area (Å²) in [4.78, 5) is 0. The first-order valence-corrected chi connectivity index (χ1v) is 8.41. The van der Waals surface area contributed by atoms with E-state index in [9.17, 15) is 0 Å². The lowest BCUT2D eigenvalue weighted by atomic mass is 10.2. The largest absolute Gasteiger partial charge is 0.370 e. The molecule has 0 amide bonds. The highest BCUT2D eigenvalue weighted by Crippen LogP contribution is 2.27. The van der Waals surface area contributed by atoms with Crippen LogP contribution in [0.4, 0.5) is 0 Å². The van der Waals surface area contributed by atoms with Crippen molar-refractivity contribution < 1.29 is 4.74 Å². The highest BCUT2D eigenvalue weighted by molar-refractivity contribution is 7.71. The lowest BCUT2D eigenvalue weighted by molar-refractivity contribution is 0.102. The molecule has 6 nitrogen and oxygen atoms in total. The van der Waals surface area contributed by atoms with Gasteiger partial charge in [-0.3, -0.25) is 5.10 Å². The summed E-state index contributed by atoms with van der Waals surface area (Å²) in [6.07, 6.45) is 3.83. The summed E-state index contributed by atoms with van der Waals surface area (Å²) in [5.74, 6) is 0.751. The van der Waals surface area contributed by atoms with Gasteiger partial charge >= 0.3 is 0 Å². The van der Waals surface area contributed by atoms with E-state index >= 15 is 0 Å². The number of nitrogens with one attached hydrogen (secondary N) is 1. The Hall–Kier alpha value is -1.73. The Balaban J connectivity index is 1.94. The summed E-state index contributed by atoms with van der Waals surface area (Å²) in [5.41, 5.74) is 3.53. The number of H-pyrrole nitrogens is 1. The smallest absolute Gasteiger partial charge is 0.216 e. The summed E-state index contributed by atoms with van der Waals surface area (Å²) in [5, 5.41) is 11.7. The van der Waals surface area contributed by atoms with Crippen LogP contribution in [0.25, 0.3) is 0 Å². The van der Waals surface area contributed by atoms with Crippen molar-refractivity contribution in [3.63, 3.8) is 0 Å². The molecule has 0 aromatic carbocycles. The van der Waals surface area contributed by atoms with Gasteiger partial charge in [-0.05, 0) is 58.8 Å². The molecular weight excluding hydrogens is 310 g/mol. The lowest BCUT2D eigenvalue weighted by Gasteiger charge is -2.13. The van der Waals surface area contributed by atoms with Crippen molar-refractivity contribution in [2.24, 2.45) is 5.10 Å². The Kier molecular flexibility index (Phi) is 4.50. The Bertz CT molecular complexity index is 777. The number of hydrogen-bond donors (Lipinski definition) is 1. The molecule has 0 aliphatic carbocycles. The second-order valence-electron chi connectivity index (χ2n) is 6.24. The van der Waals surface area contributed by atoms with Crippen molar-refractivity contribution in [2.45, 2.75) is 52.7 Å². The first-order chi connectivity index (χ1) is 11.0. The molecule has 1 N–H and O–H groups in total. The summed E-state index contributed by atoms with van der Waals surface area (Å²) in [6.45, 7) is 9.37. The second-order valence-corrected chi connectivity index (χ2v) is 6.62. The highest BCUT2D eigenvalue weighted by atomic mass is 32.1. The van der Waals surface area contributed by atoms with Crippen LogP contribution in [0, 0.1) is 18.6 Å². The highest BCUT2D eigenvalue weighted by Gasteiger charge is 2.23. The third-order valence-corrected chi connectivity index (χ3v) is 4.51. The molecular formula is C16H23N5OS. The van der Waals surface area contributed by atoms with Crippen molar-refractivity contribution >= 4 is 18.4 Å². The fourth-order valence-electron chi connectivity index (χ4n) is 3.25. The number of aromatic nitrogens is 4. The lowest BCUT2D eigenvalue weighted by Crippen LogP contribution is -2.06. The number of aromatic amines is 1. The van der Waals surface area contributed by atoms with Crippen LogP contribution in [0.5, 0.6) is 0 Å². The van der Waals surface area contributed by atoms with Gasteiger partial charge in [0.2, 0.25) is 4.77 Å². The van der Waals surface area contributed by atoms with Gasteiger partial charge in [0.25, 0.3) is 0 Å². The van der Waals surface area contributed by atoms with E-state index in [0.29, 0.717) is 10.8 Å². The van der Waals surface area contributed by atoms with Crippen molar-refractivity contribution in [2.75, 3.05) is 6.61 Å². The number of aryl methyl sites for hydroxylation is 1. The van der Waals surface area contributed by atoms with Gasteiger partial charge in [0, 0.05) is 29.6 Å². The van der Waals surface area contributed by atoms with Crippen LogP contribution in [-0.4, -0.2) is 32.3 Å². The summed E-state index contributed by atoms with van der Waals surface area (Å²) < 4.78 is 10.2. The average Bonchev–Trinajstić information content (AvgIpc) is 3.17. The predicted molar refractivity (Wildman–Crippen MR) is 92.6 cm³/mol. The van der Waals surface area contributed by atoms with Crippen LogP contribution < -0.4 is 0 Å². The van der Waals surface area contributed by atoms with Crippen molar-refractivity contribution in [3.8, 4) is 0 Å². The minimum absolute atomic E-state index is 0.0248. The molecule has 1 aliphatic heterocycles. The maximum atomic E-state index is 5.70. The van der Waals surface area contributed by atoms with Crippen LogP contribution >= 0.6 is 12.2 Å². The first-order valence-electron chi connectivity index (χ1n) is 8.00. The van der Waals surface area contributed by atoms with E-state index in [1.54, 1.807) is 4.68 Å². The molecule has 3 heterocycles. The minimum atomic E-state index is -0.0248. The van der Waals surface area contributed by atoms with Gasteiger partial charge in [-0.25, -0.2) is 0 Å². The van der Waals surface area contributed by atoms with Gasteiger partial charge in [0.05, 0.1) is 6.21 Å². The van der Waals surface area contributed by atoms with E-state index in [1.165, 1.54) is 11.4 Å². The fraction of sp³-hybridized carbons (Fsp3) is 0.562. The molecule has 1 saturated heterocycles. The van der Waals surface area contributed by atoms with E-state index in [-0.39, 0.29) is 6.10 Å². The number of ether oxygens (including phenoxy) is 1. The normalized spacial score (nSPS) is 18.6. The number of nitrogens with zero attached hydrogens (tertiary/aromatic N) is 4. The molecule has 2 aromatic rings. The molecule has 0 bridgehead atoms. The van der Waals surface area contributed by atoms with E-state index < -0.39 is 0 Å². The zero-order chi connectivity index (χ0) is 16.6. The van der Waals surface area contributed by atoms with E-state index in [2.05, 4.69) is 53.6 Å². The van der Waals surface area contributed by atoms with Crippen LogP contribution in [0.3, 0.4) is 0 Å². The molecule has 1 aliphatic rings. The van der Waals surface area contributed by atoms with Crippen LogP contribution in [0.15, 0.2) is 11.2 Å². The molecule has 0 radical (unpaired) electrons. The minimum Gasteiger partial charge on any atom is -0.370 e. The summed E-state index contributed by atoms with van der Waals surface area (Å²) in [6, 6.07) is 2.57. The Morgan fingerprint density at radius 1 is 1.48 bits per heavy atom. The van der Waals surface area contributed by atoms with E-state index in [1.807, 2.05) is 6.21 Å². The van der Waals surface area contributed by atoms with Gasteiger partial charge in [-0.15, -0.1) is 0 Å². The molecule has 7 heteroatoms. The molecule has 124 valence electrons. The summed E-state index contributed by atoms with van der Waals surface area (Å²) >= 11 is 5.30. The maximum Gasteiger partial charge on any atom is 0.216 e. The predicted octanol–water partition coefficient (Wildman–Crippen LogP) is 3.67. The molecule has 0 spiro atoms. The quantitative estimate of drug-likeness (QED) is 0.686. The van der Waals surface area contributed by atoms with Crippen molar-refractivity contribution in [1.82, 2.24) is 19.4 Å². The number of rotatable bonds is 4. The van der Waals surface area contributed by atoms with Crippen molar-refractivity contribution in [3.05, 3.63) is 33.6 Å². The molecule has 2 aromatic heterocycles. The average molecular weight is 333 g/mol. The van der Waals surface area contributed by atoms with Crippen LogP contribution in [0.1, 0.15) is 61.6 Å². The van der Waals surface area contributed by atoms with Gasteiger partial charge in [-0.2, -0.15) is 14.9 Å². The Morgan fingerprint density at radius 2 is 2.26 bits per heavy atom. The Labute approximate surface area is 141 Å². The Morgan fingerprint density at radius 3 is 2.87 bits per heavy atom. The monoisotopic (exact) mass is 333 g/mol. The topological polar surface area (TPSA) is 60.1 Å². The zero-order valence-corrected chi connectivity index (χ0v) is 14.9. The third-order valence-electron chi connectivity index (χ3n) is 4.25. The van der Waals surface area contributed by atoms with Gasteiger partial charge in [0.15, 0.2) is 5.82 Å². The zero-order valence-electron chi connectivity index (χ0n) is 14.0. The molecule has 3 rings (SSSR count). The molecule has 0 unspecified atom stereocenters. The SMILES string of the molecule is Cc1cc(/C=N\n2c([C@@H]3CCCO3)n[nH]c2=S)c(C)n1C(C)C. The van der Waals surface area contributed by atoms with Crippen molar-refractivity contribution in [1.29, 1.82) is 0 Å². The van der Waals surface area contributed by atoms with Gasteiger partial charge in [-0.1, -0.05) is 0 Å². The summed E-state index contributed by atoms with van der Waals surface area (Å²) in [7, 11) is 0.